The Kier molecular flexibility index (Phi) is 3.91. The maximum absolute atomic E-state index is 12.2. The molecule has 1 fully saturated rings. The SMILES string of the molecule is CC[C@H](C)[C@H]1C(=O)N(C(C)=O)[C@H](C)C(=O)N1C. The van der Waals surface area contributed by atoms with Crippen LogP contribution in [0.15, 0.2) is 0 Å². The smallest absolute Gasteiger partial charge is 0.252 e. The Morgan fingerprint density at radius 2 is 1.88 bits per heavy atom. The monoisotopic (exact) mass is 240 g/mol. The molecule has 5 heteroatoms. The summed E-state index contributed by atoms with van der Waals surface area (Å²) in [5.41, 5.74) is 0. The highest BCUT2D eigenvalue weighted by molar-refractivity contribution is 6.05. The molecule has 1 rings (SSSR count). The van der Waals surface area contributed by atoms with Crippen molar-refractivity contribution >= 4 is 17.7 Å². The lowest BCUT2D eigenvalue weighted by Gasteiger charge is -2.42. The predicted octanol–water partition coefficient (Wildman–Crippen LogP) is 0.637. The molecule has 0 aliphatic carbocycles. The molecule has 96 valence electrons. The fourth-order valence-electron chi connectivity index (χ4n) is 2.32. The first-order chi connectivity index (χ1) is 7.82. The highest BCUT2D eigenvalue weighted by Gasteiger charge is 2.45. The third kappa shape index (κ3) is 2.18. The Hall–Kier alpha value is -1.39. The summed E-state index contributed by atoms with van der Waals surface area (Å²) in [7, 11) is 1.63. The number of carbonyl (C=O) groups is 3. The maximum atomic E-state index is 12.2. The van der Waals surface area contributed by atoms with Crippen LogP contribution in [0.25, 0.3) is 0 Å². The van der Waals surface area contributed by atoms with E-state index in [1.807, 2.05) is 13.8 Å². The Labute approximate surface area is 102 Å². The van der Waals surface area contributed by atoms with Crippen LogP contribution in [-0.2, 0) is 14.4 Å². The van der Waals surface area contributed by atoms with Gasteiger partial charge in [-0.15, -0.1) is 0 Å². The van der Waals surface area contributed by atoms with Gasteiger partial charge in [0.15, 0.2) is 0 Å². The summed E-state index contributed by atoms with van der Waals surface area (Å²) >= 11 is 0. The van der Waals surface area contributed by atoms with E-state index in [9.17, 15) is 14.4 Å². The highest BCUT2D eigenvalue weighted by atomic mass is 16.2. The minimum absolute atomic E-state index is 0.0470. The van der Waals surface area contributed by atoms with Crippen LogP contribution in [0.3, 0.4) is 0 Å². The van der Waals surface area contributed by atoms with Gasteiger partial charge in [-0.2, -0.15) is 0 Å². The number of amides is 3. The summed E-state index contributed by atoms with van der Waals surface area (Å²) < 4.78 is 0. The van der Waals surface area contributed by atoms with Crippen molar-refractivity contribution in [1.82, 2.24) is 9.80 Å². The number of likely N-dealkylation sites (N-methyl/N-ethyl adjacent to an activating group) is 1. The molecule has 1 saturated heterocycles. The average Bonchev–Trinajstić information content (AvgIpc) is 2.25. The Balaban J connectivity index is 3.11. The molecule has 17 heavy (non-hydrogen) atoms. The van der Waals surface area contributed by atoms with Gasteiger partial charge in [0.05, 0.1) is 0 Å². The van der Waals surface area contributed by atoms with E-state index in [2.05, 4.69) is 0 Å². The topological polar surface area (TPSA) is 57.7 Å². The normalized spacial score (nSPS) is 27.4. The summed E-state index contributed by atoms with van der Waals surface area (Å²) in [6, 6.07) is -1.21. The van der Waals surface area contributed by atoms with Gasteiger partial charge in [-0.1, -0.05) is 20.3 Å². The number of carbonyl (C=O) groups excluding carboxylic acids is 3. The molecule has 1 aliphatic rings. The van der Waals surface area contributed by atoms with Gasteiger partial charge in [0.2, 0.25) is 11.8 Å². The molecule has 0 spiro atoms. The number of hydrogen-bond donors (Lipinski definition) is 0. The maximum Gasteiger partial charge on any atom is 0.252 e. The van der Waals surface area contributed by atoms with Gasteiger partial charge in [0.1, 0.15) is 12.1 Å². The van der Waals surface area contributed by atoms with Gasteiger partial charge in [-0.05, 0) is 12.8 Å². The van der Waals surface area contributed by atoms with Gasteiger partial charge in [0.25, 0.3) is 5.91 Å². The van der Waals surface area contributed by atoms with Crippen molar-refractivity contribution in [1.29, 1.82) is 0 Å². The van der Waals surface area contributed by atoms with Gasteiger partial charge in [-0.3, -0.25) is 19.3 Å². The number of piperazine rings is 1. The highest BCUT2D eigenvalue weighted by Crippen LogP contribution is 2.23. The summed E-state index contributed by atoms with van der Waals surface area (Å²) in [5, 5.41) is 0. The molecule has 0 saturated carbocycles. The van der Waals surface area contributed by atoms with Crippen molar-refractivity contribution in [3.8, 4) is 0 Å². The van der Waals surface area contributed by atoms with Crippen LogP contribution < -0.4 is 0 Å². The molecule has 5 nitrogen and oxygen atoms in total. The van der Waals surface area contributed by atoms with Gasteiger partial charge < -0.3 is 4.90 Å². The minimum Gasteiger partial charge on any atom is -0.332 e. The Morgan fingerprint density at radius 3 is 2.29 bits per heavy atom. The molecular formula is C12H20N2O3. The summed E-state index contributed by atoms with van der Waals surface area (Å²) in [5.74, 6) is -0.755. The molecule has 3 atom stereocenters. The van der Waals surface area contributed by atoms with E-state index in [0.717, 1.165) is 11.3 Å². The number of rotatable bonds is 2. The molecule has 0 aromatic carbocycles. The quantitative estimate of drug-likeness (QED) is 0.711. The zero-order valence-electron chi connectivity index (χ0n) is 11.1. The van der Waals surface area contributed by atoms with Crippen molar-refractivity contribution in [2.75, 3.05) is 7.05 Å². The standard InChI is InChI=1S/C12H20N2O3/c1-6-7(2)10-12(17)14(9(4)15)8(3)11(16)13(10)5/h7-8,10H,6H2,1-5H3/t7-,8+,10-/m0/s1. The first kappa shape index (κ1) is 13.7. The molecule has 0 aromatic heterocycles. The summed E-state index contributed by atoms with van der Waals surface area (Å²) in [4.78, 5) is 38.3. The molecule has 0 radical (unpaired) electrons. The molecule has 1 heterocycles. The number of nitrogens with zero attached hydrogens (tertiary/aromatic N) is 2. The third-order valence-electron chi connectivity index (χ3n) is 3.52. The van der Waals surface area contributed by atoms with Crippen molar-refractivity contribution in [2.24, 2.45) is 5.92 Å². The summed E-state index contributed by atoms with van der Waals surface area (Å²) in [6.45, 7) is 6.79. The largest absolute Gasteiger partial charge is 0.332 e. The van der Waals surface area contributed by atoms with Crippen LogP contribution in [0, 0.1) is 5.92 Å². The van der Waals surface area contributed by atoms with Crippen molar-refractivity contribution in [3.63, 3.8) is 0 Å². The van der Waals surface area contributed by atoms with Crippen LogP contribution in [-0.4, -0.2) is 46.7 Å². The van der Waals surface area contributed by atoms with Crippen LogP contribution >= 0.6 is 0 Å². The lowest BCUT2D eigenvalue weighted by atomic mass is 9.93. The first-order valence-corrected chi connectivity index (χ1v) is 5.93. The molecular weight excluding hydrogens is 220 g/mol. The molecule has 3 amide bonds. The Bertz CT molecular complexity index is 354. The first-order valence-electron chi connectivity index (χ1n) is 5.93. The van der Waals surface area contributed by atoms with Crippen LogP contribution in [0.5, 0.6) is 0 Å². The van der Waals surface area contributed by atoms with Gasteiger partial charge >= 0.3 is 0 Å². The number of imide groups is 1. The van der Waals surface area contributed by atoms with Crippen LogP contribution in [0.1, 0.15) is 34.1 Å². The van der Waals surface area contributed by atoms with E-state index >= 15 is 0 Å². The van der Waals surface area contributed by atoms with Crippen LogP contribution in [0.4, 0.5) is 0 Å². The fraction of sp³-hybridized carbons (Fsp3) is 0.750. The second-order valence-corrected chi connectivity index (χ2v) is 4.68. The molecule has 1 aliphatic heterocycles. The van der Waals surface area contributed by atoms with Gasteiger partial charge in [0, 0.05) is 14.0 Å². The van der Waals surface area contributed by atoms with E-state index in [0.29, 0.717) is 0 Å². The van der Waals surface area contributed by atoms with Crippen molar-refractivity contribution < 1.29 is 14.4 Å². The van der Waals surface area contributed by atoms with Crippen molar-refractivity contribution in [3.05, 3.63) is 0 Å². The van der Waals surface area contributed by atoms with Gasteiger partial charge in [-0.25, -0.2) is 0 Å². The van der Waals surface area contributed by atoms with Crippen molar-refractivity contribution in [2.45, 2.75) is 46.2 Å². The van der Waals surface area contributed by atoms with Crippen LogP contribution in [0.2, 0.25) is 0 Å². The Morgan fingerprint density at radius 1 is 1.35 bits per heavy atom. The lowest BCUT2D eigenvalue weighted by Crippen LogP contribution is -2.65. The lowest BCUT2D eigenvalue weighted by molar-refractivity contribution is -0.166. The fourth-order valence-corrected chi connectivity index (χ4v) is 2.32. The summed E-state index contributed by atoms with van der Waals surface area (Å²) in [6.07, 6.45) is 0.786. The molecule has 0 aromatic rings. The van der Waals surface area contributed by atoms with E-state index < -0.39 is 12.1 Å². The third-order valence-corrected chi connectivity index (χ3v) is 3.52. The molecule has 0 N–H and O–H groups in total. The second kappa shape index (κ2) is 4.85. The predicted molar refractivity (Wildman–Crippen MR) is 63.0 cm³/mol. The number of hydrogen-bond acceptors (Lipinski definition) is 3. The van der Waals surface area contributed by atoms with E-state index in [4.69, 9.17) is 0 Å². The second-order valence-electron chi connectivity index (χ2n) is 4.68. The van der Waals surface area contributed by atoms with E-state index in [-0.39, 0.29) is 23.6 Å². The molecule has 0 unspecified atom stereocenters. The molecule has 0 bridgehead atoms. The minimum atomic E-state index is -0.690. The zero-order valence-corrected chi connectivity index (χ0v) is 11.1. The van der Waals surface area contributed by atoms with E-state index in [1.54, 1.807) is 14.0 Å². The van der Waals surface area contributed by atoms with E-state index in [1.165, 1.54) is 11.8 Å². The average molecular weight is 240 g/mol. The zero-order chi connectivity index (χ0) is 13.3.